The molecule has 0 fully saturated rings. The molecule has 1 aliphatic heterocycles. The molecule has 0 aliphatic carbocycles. The van der Waals surface area contributed by atoms with Gasteiger partial charge in [-0.2, -0.15) is 0 Å². The summed E-state index contributed by atoms with van der Waals surface area (Å²) in [4.78, 5) is 11.5. The van der Waals surface area contributed by atoms with Crippen LogP contribution in [0, 0.1) is 0 Å². The van der Waals surface area contributed by atoms with E-state index in [2.05, 4.69) is 0 Å². The maximum absolute atomic E-state index is 11.5. The lowest BCUT2D eigenvalue weighted by molar-refractivity contribution is 0.0291. The van der Waals surface area contributed by atoms with E-state index < -0.39 is 12.2 Å². The Morgan fingerprint density at radius 1 is 1.38 bits per heavy atom. The number of ether oxygens (including phenoxy) is 1. The van der Waals surface area contributed by atoms with Crippen molar-refractivity contribution in [2.45, 2.75) is 19.1 Å². The number of aliphatic hydroxyl groups excluding tert-OH is 1. The van der Waals surface area contributed by atoms with Gasteiger partial charge in [-0.05, 0) is 19.1 Å². The lowest BCUT2D eigenvalue weighted by Gasteiger charge is -2.26. The summed E-state index contributed by atoms with van der Waals surface area (Å²) in [6.45, 7) is 1.68. The second-order valence-corrected chi connectivity index (χ2v) is 3.13. The molecule has 1 aromatic carbocycles. The van der Waals surface area contributed by atoms with Crippen molar-refractivity contribution in [3.05, 3.63) is 29.8 Å². The number of ketones is 1. The third-order valence-electron chi connectivity index (χ3n) is 2.18. The molecule has 0 aromatic heterocycles. The van der Waals surface area contributed by atoms with Crippen LogP contribution in [0.4, 0.5) is 0 Å². The first-order valence-corrected chi connectivity index (χ1v) is 4.18. The molecule has 0 radical (unpaired) electrons. The average Bonchev–Trinajstić information content (AvgIpc) is 2.15. The Labute approximate surface area is 76.0 Å². The van der Waals surface area contributed by atoms with E-state index in [-0.39, 0.29) is 5.78 Å². The van der Waals surface area contributed by atoms with Crippen LogP contribution in [0.1, 0.15) is 17.3 Å². The van der Waals surface area contributed by atoms with Gasteiger partial charge in [0.1, 0.15) is 11.9 Å². The number of hydrogen-bond acceptors (Lipinski definition) is 3. The van der Waals surface area contributed by atoms with Gasteiger partial charge in [0, 0.05) is 0 Å². The molecule has 0 saturated carbocycles. The van der Waals surface area contributed by atoms with Crippen LogP contribution in [0.3, 0.4) is 0 Å². The number of aliphatic hydroxyl groups is 1. The fraction of sp³-hybridized carbons (Fsp3) is 0.300. The molecule has 0 saturated heterocycles. The number of hydrogen-bond donors (Lipinski definition) is 1. The second-order valence-electron chi connectivity index (χ2n) is 3.13. The Kier molecular flexibility index (Phi) is 1.81. The van der Waals surface area contributed by atoms with Crippen LogP contribution in [0.25, 0.3) is 0 Å². The van der Waals surface area contributed by atoms with Gasteiger partial charge in [-0.15, -0.1) is 0 Å². The maximum Gasteiger partial charge on any atom is 0.198 e. The molecular weight excluding hydrogens is 168 g/mol. The lowest BCUT2D eigenvalue weighted by atomic mass is 9.99. The average molecular weight is 178 g/mol. The molecule has 0 spiro atoms. The molecule has 68 valence electrons. The fourth-order valence-electron chi connectivity index (χ4n) is 1.41. The van der Waals surface area contributed by atoms with Crippen molar-refractivity contribution in [2.24, 2.45) is 0 Å². The minimum Gasteiger partial charge on any atom is -0.487 e. The molecule has 0 unspecified atom stereocenters. The Morgan fingerprint density at radius 3 is 2.85 bits per heavy atom. The van der Waals surface area contributed by atoms with E-state index in [1.165, 1.54) is 0 Å². The molecule has 1 heterocycles. The number of Topliss-reactive ketones (excluding diaryl/α,β-unsaturated/α-hetero) is 1. The number of fused-ring (bicyclic) bond motifs is 1. The quantitative estimate of drug-likeness (QED) is 0.645. The van der Waals surface area contributed by atoms with Crippen molar-refractivity contribution < 1.29 is 14.6 Å². The first-order valence-electron chi connectivity index (χ1n) is 4.18. The normalized spacial score (nSPS) is 26.5. The highest BCUT2D eigenvalue weighted by Crippen LogP contribution is 2.26. The van der Waals surface area contributed by atoms with Gasteiger partial charge in [0.15, 0.2) is 11.9 Å². The summed E-state index contributed by atoms with van der Waals surface area (Å²) in [5, 5.41) is 9.42. The van der Waals surface area contributed by atoms with Crippen molar-refractivity contribution in [1.82, 2.24) is 0 Å². The third kappa shape index (κ3) is 1.21. The van der Waals surface area contributed by atoms with E-state index in [1.807, 2.05) is 0 Å². The summed E-state index contributed by atoms with van der Waals surface area (Å²) in [6, 6.07) is 6.95. The minimum absolute atomic E-state index is 0.255. The molecule has 13 heavy (non-hydrogen) atoms. The number of rotatable bonds is 0. The predicted octanol–water partition coefficient (Wildman–Crippen LogP) is 1.01. The molecule has 1 aliphatic rings. The van der Waals surface area contributed by atoms with E-state index >= 15 is 0 Å². The highest BCUT2D eigenvalue weighted by Gasteiger charge is 2.32. The Hall–Kier alpha value is -1.35. The summed E-state index contributed by atoms with van der Waals surface area (Å²) < 4.78 is 5.34. The van der Waals surface area contributed by atoms with Crippen LogP contribution >= 0.6 is 0 Å². The van der Waals surface area contributed by atoms with E-state index in [9.17, 15) is 9.90 Å². The first-order chi connectivity index (χ1) is 6.20. The fourth-order valence-corrected chi connectivity index (χ4v) is 1.41. The van der Waals surface area contributed by atoms with Gasteiger partial charge in [-0.1, -0.05) is 12.1 Å². The Balaban J connectivity index is 2.49. The molecule has 3 heteroatoms. The molecular formula is C10H10O3. The molecule has 1 aromatic rings. The van der Waals surface area contributed by atoms with E-state index in [1.54, 1.807) is 31.2 Å². The predicted molar refractivity (Wildman–Crippen MR) is 46.9 cm³/mol. The van der Waals surface area contributed by atoms with Crippen molar-refractivity contribution in [3.63, 3.8) is 0 Å². The largest absolute Gasteiger partial charge is 0.487 e. The molecule has 1 N–H and O–H groups in total. The van der Waals surface area contributed by atoms with Gasteiger partial charge in [0.2, 0.25) is 0 Å². The summed E-state index contributed by atoms with van der Waals surface area (Å²) >= 11 is 0. The zero-order valence-corrected chi connectivity index (χ0v) is 7.23. The van der Waals surface area contributed by atoms with Crippen LogP contribution in [0.15, 0.2) is 24.3 Å². The highest BCUT2D eigenvalue weighted by molar-refractivity contribution is 6.02. The minimum atomic E-state index is -1.03. The second kappa shape index (κ2) is 2.85. The lowest BCUT2D eigenvalue weighted by Crippen LogP contribution is -2.40. The number of para-hydroxylation sites is 1. The highest BCUT2D eigenvalue weighted by atomic mass is 16.5. The van der Waals surface area contributed by atoms with Gasteiger partial charge in [-0.3, -0.25) is 4.79 Å². The molecule has 3 nitrogen and oxygen atoms in total. The van der Waals surface area contributed by atoms with Crippen molar-refractivity contribution in [2.75, 3.05) is 0 Å². The van der Waals surface area contributed by atoms with Crippen LogP contribution in [0.2, 0.25) is 0 Å². The van der Waals surface area contributed by atoms with Crippen LogP contribution in [0.5, 0.6) is 5.75 Å². The molecule has 0 amide bonds. The Bertz CT molecular complexity index is 346. The maximum atomic E-state index is 11.5. The topological polar surface area (TPSA) is 46.5 Å². The van der Waals surface area contributed by atoms with Crippen molar-refractivity contribution in [1.29, 1.82) is 0 Å². The SMILES string of the molecule is C[C@@H]1Oc2ccccc2C(=O)[C@@H]1O. The summed E-state index contributed by atoms with van der Waals surface area (Å²) in [5.74, 6) is 0.305. The van der Waals surface area contributed by atoms with Gasteiger partial charge in [0.25, 0.3) is 0 Å². The summed E-state index contributed by atoms with van der Waals surface area (Å²) in [5.41, 5.74) is 0.466. The zero-order chi connectivity index (χ0) is 9.42. The summed E-state index contributed by atoms with van der Waals surface area (Å²) in [6.07, 6.45) is -1.49. The number of carbonyl (C=O) groups excluding carboxylic acids is 1. The first kappa shape index (κ1) is 8.26. The monoisotopic (exact) mass is 178 g/mol. The standard InChI is InChI=1S/C10H10O3/c1-6-9(11)10(12)7-4-2-3-5-8(7)13-6/h2-6,9,11H,1H3/t6-,9+/m0/s1. The van der Waals surface area contributed by atoms with Crippen LogP contribution < -0.4 is 4.74 Å². The molecule has 0 bridgehead atoms. The molecule has 2 rings (SSSR count). The summed E-state index contributed by atoms with van der Waals surface area (Å²) in [7, 11) is 0. The number of benzene rings is 1. The van der Waals surface area contributed by atoms with E-state index in [4.69, 9.17) is 4.74 Å². The zero-order valence-electron chi connectivity index (χ0n) is 7.23. The van der Waals surface area contributed by atoms with Crippen molar-refractivity contribution >= 4 is 5.78 Å². The molecule has 2 atom stereocenters. The van der Waals surface area contributed by atoms with E-state index in [0.29, 0.717) is 11.3 Å². The van der Waals surface area contributed by atoms with Gasteiger partial charge in [0.05, 0.1) is 5.56 Å². The van der Waals surface area contributed by atoms with Crippen LogP contribution in [-0.2, 0) is 0 Å². The number of carbonyl (C=O) groups is 1. The smallest absolute Gasteiger partial charge is 0.198 e. The van der Waals surface area contributed by atoms with Gasteiger partial charge in [-0.25, -0.2) is 0 Å². The third-order valence-corrected chi connectivity index (χ3v) is 2.18. The van der Waals surface area contributed by atoms with E-state index in [0.717, 1.165) is 0 Å². The van der Waals surface area contributed by atoms with Gasteiger partial charge < -0.3 is 9.84 Å². The Morgan fingerprint density at radius 2 is 2.08 bits per heavy atom. The van der Waals surface area contributed by atoms with Crippen molar-refractivity contribution in [3.8, 4) is 5.75 Å². The van der Waals surface area contributed by atoms with Gasteiger partial charge >= 0.3 is 0 Å². The van der Waals surface area contributed by atoms with Crippen LogP contribution in [-0.4, -0.2) is 23.1 Å².